The molecule has 3 rings (SSSR count). The molecule has 0 N–H and O–H groups in total. The van der Waals surface area contributed by atoms with E-state index in [0.29, 0.717) is 11.4 Å². The molecule has 0 fully saturated rings. The maximum Gasteiger partial charge on any atom is 0.231 e. The zero-order valence-electron chi connectivity index (χ0n) is 11.3. The van der Waals surface area contributed by atoms with Crippen molar-refractivity contribution in [2.45, 2.75) is 25.8 Å². The summed E-state index contributed by atoms with van der Waals surface area (Å²) >= 11 is 5.97. The zero-order valence-corrected chi connectivity index (χ0v) is 12.1. The SMILES string of the molecule is C[C@@H]1Cc2ccccc2N1C(=O)Cc1cccc(Cl)c1. The summed E-state index contributed by atoms with van der Waals surface area (Å²) in [5.41, 5.74) is 3.26. The fourth-order valence-electron chi connectivity index (χ4n) is 2.85. The molecule has 1 aliphatic heterocycles. The summed E-state index contributed by atoms with van der Waals surface area (Å²) in [4.78, 5) is 14.5. The summed E-state index contributed by atoms with van der Waals surface area (Å²) in [6.45, 7) is 2.09. The standard InChI is InChI=1S/C17H16ClNO/c1-12-9-14-6-2-3-8-16(14)19(12)17(20)11-13-5-4-7-15(18)10-13/h2-8,10,12H,9,11H2,1H3/t12-/m1/s1. The molecule has 1 atom stereocenters. The van der Waals surface area contributed by atoms with Gasteiger partial charge in [-0.05, 0) is 42.7 Å². The Kier molecular flexibility index (Phi) is 3.49. The van der Waals surface area contributed by atoms with Gasteiger partial charge in [0.05, 0.1) is 6.42 Å². The molecule has 102 valence electrons. The quantitative estimate of drug-likeness (QED) is 0.820. The van der Waals surface area contributed by atoms with Crippen molar-refractivity contribution in [2.75, 3.05) is 4.90 Å². The lowest BCUT2D eigenvalue weighted by molar-refractivity contribution is -0.118. The largest absolute Gasteiger partial charge is 0.309 e. The van der Waals surface area contributed by atoms with Gasteiger partial charge in [0.25, 0.3) is 0 Å². The summed E-state index contributed by atoms with van der Waals surface area (Å²) in [5, 5.41) is 0.671. The Labute approximate surface area is 124 Å². The van der Waals surface area contributed by atoms with Gasteiger partial charge in [-0.15, -0.1) is 0 Å². The maximum atomic E-state index is 12.6. The molecule has 0 bridgehead atoms. The Bertz CT molecular complexity index is 653. The molecule has 2 nitrogen and oxygen atoms in total. The van der Waals surface area contributed by atoms with Crippen molar-refractivity contribution < 1.29 is 4.79 Å². The normalized spacial score (nSPS) is 17.1. The van der Waals surface area contributed by atoms with E-state index in [1.54, 1.807) is 0 Å². The first kappa shape index (κ1) is 13.2. The van der Waals surface area contributed by atoms with Gasteiger partial charge in [-0.2, -0.15) is 0 Å². The number of hydrogen-bond donors (Lipinski definition) is 0. The number of halogens is 1. The minimum atomic E-state index is 0.129. The second kappa shape index (κ2) is 5.29. The summed E-state index contributed by atoms with van der Waals surface area (Å²) < 4.78 is 0. The molecule has 0 saturated carbocycles. The van der Waals surface area contributed by atoms with E-state index in [9.17, 15) is 4.79 Å². The second-order valence-electron chi connectivity index (χ2n) is 5.25. The predicted molar refractivity (Wildman–Crippen MR) is 82.3 cm³/mol. The van der Waals surface area contributed by atoms with Crippen LogP contribution in [0, 0.1) is 0 Å². The third-order valence-corrected chi connectivity index (χ3v) is 3.96. The molecule has 1 heterocycles. The van der Waals surface area contributed by atoms with Crippen molar-refractivity contribution in [3.8, 4) is 0 Å². The fraction of sp³-hybridized carbons (Fsp3) is 0.235. The number of hydrogen-bond acceptors (Lipinski definition) is 1. The van der Waals surface area contributed by atoms with Gasteiger partial charge in [-0.25, -0.2) is 0 Å². The third-order valence-electron chi connectivity index (χ3n) is 3.72. The van der Waals surface area contributed by atoms with Crippen LogP contribution in [0.3, 0.4) is 0 Å². The summed E-state index contributed by atoms with van der Waals surface area (Å²) in [7, 11) is 0. The van der Waals surface area contributed by atoms with Crippen LogP contribution in [-0.4, -0.2) is 11.9 Å². The second-order valence-corrected chi connectivity index (χ2v) is 5.69. The highest BCUT2D eigenvalue weighted by Crippen LogP contribution is 2.32. The van der Waals surface area contributed by atoms with Crippen molar-refractivity contribution in [3.05, 3.63) is 64.7 Å². The topological polar surface area (TPSA) is 20.3 Å². The molecule has 0 aromatic heterocycles. The molecule has 0 unspecified atom stereocenters. The van der Waals surface area contributed by atoms with E-state index in [1.165, 1.54) is 5.56 Å². The number of nitrogens with zero attached hydrogens (tertiary/aromatic N) is 1. The average molecular weight is 286 g/mol. The number of benzene rings is 2. The van der Waals surface area contributed by atoms with Gasteiger partial charge in [-0.3, -0.25) is 4.79 Å². The Morgan fingerprint density at radius 3 is 2.85 bits per heavy atom. The molecule has 1 amide bonds. The van der Waals surface area contributed by atoms with Gasteiger partial charge in [0.1, 0.15) is 0 Å². The van der Waals surface area contributed by atoms with Crippen molar-refractivity contribution in [2.24, 2.45) is 0 Å². The van der Waals surface area contributed by atoms with Gasteiger partial charge in [0, 0.05) is 16.8 Å². The van der Waals surface area contributed by atoms with E-state index in [2.05, 4.69) is 13.0 Å². The van der Waals surface area contributed by atoms with Crippen LogP contribution in [0.2, 0.25) is 5.02 Å². The van der Waals surface area contributed by atoms with Gasteiger partial charge < -0.3 is 4.90 Å². The smallest absolute Gasteiger partial charge is 0.231 e. The molecule has 2 aromatic rings. The first-order valence-electron chi connectivity index (χ1n) is 6.79. The molecule has 0 spiro atoms. The monoisotopic (exact) mass is 285 g/mol. The van der Waals surface area contributed by atoms with E-state index >= 15 is 0 Å². The van der Waals surface area contributed by atoms with E-state index in [-0.39, 0.29) is 11.9 Å². The zero-order chi connectivity index (χ0) is 14.1. The highest BCUT2D eigenvalue weighted by atomic mass is 35.5. The third kappa shape index (κ3) is 2.44. The number of carbonyl (C=O) groups excluding carboxylic acids is 1. The van der Waals surface area contributed by atoms with E-state index in [4.69, 9.17) is 11.6 Å². The average Bonchev–Trinajstić information content (AvgIpc) is 2.74. The highest BCUT2D eigenvalue weighted by Gasteiger charge is 2.30. The van der Waals surface area contributed by atoms with Crippen molar-refractivity contribution in [1.82, 2.24) is 0 Å². The van der Waals surface area contributed by atoms with Gasteiger partial charge in [-0.1, -0.05) is 41.9 Å². The van der Waals surface area contributed by atoms with E-state index < -0.39 is 0 Å². The Hall–Kier alpha value is -1.80. The lowest BCUT2D eigenvalue weighted by atomic mass is 10.1. The summed E-state index contributed by atoms with van der Waals surface area (Å²) in [6, 6.07) is 15.8. The molecule has 0 aliphatic carbocycles. The van der Waals surface area contributed by atoms with Crippen LogP contribution in [0.4, 0.5) is 5.69 Å². The molecule has 0 radical (unpaired) electrons. The molecular weight excluding hydrogens is 270 g/mol. The van der Waals surface area contributed by atoms with Crippen molar-refractivity contribution in [3.63, 3.8) is 0 Å². The van der Waals surface area contributed by atoms with Crippen LogP contribution in [0.1, 0.15) is 18.1 Å². The Morgan fingerprint density at radius 2 is 2.05 bits per heavy atom. The molecular formula is C17H16ClNO. The number of anilines is 1. The fourth-order valence-corrected chi connectivity index (χ4v) is 3.07. The lowest BCUT2D eigenvalue weighted by Crippen LogP contribution is -2.36. The number of carbonyl (C=O) groups is 1. The highest BCUT2D eigenvalue weighted by molar-refractivity contribution is 6.30. The van der Waals surface area contributed by atoms with Crippen LogP contribution in [0.25, 0.3) is 0 Å². The first-order chi connectivity index (χ1) is 9.65. The predicted octanol–water partition coefficient (Wildman–Crippen LogP) is 3.86. The van der Waals surface area contributed by atoms with Crippen LogP contribution in [0.5, 0.6) is 0 Å². The number of fused-ring (bicyclic) bond motifs is 1. The minimum absolute atomic E-state index is 0.129. The van der Waals surface area contributed by atoms with Crippen LogP contribution in [-0.2, 0) is 17.6 Å². The Morgan fingerprint density at radius 1 is 1.25 bits per heavy atom. The van der Waals surface area contributed by atoms with Gasteiger partial charge in [0.2, 0.25) is 5.91 Å². The van der Waals surface area contributed by atoms with Crippen LogP contribution < -0.4 is 4.90 Å². The van der Waals surface area contributed by atoms with Gasteiger partial charge in [0.15, 0.2) is 0 Å². The van der Waals surface area contributed by atoms with Crippen molar-refractivity contribution in [1.29, 1.82) is 0 Å². The number of para-hydroxylation sites is 1. The first-order valence-corrected chi connectivity index (χ1v) is 7.17. The number of rotatable bonds is 2. The molecule has 2 aromatic carbocycles. The van der Waals surface area contributed by atoms with Crippen LogP contribution >= 0.6 is 11.6 Å². The van der Waals surface area contributed by atoms with E-state index in [1.807, 2.05) is 47.4 Å². The molecule has 3 heteroatoms. The Balaban J connectivity index is 1.84. The number of amides is 1. The molecule has 20 heavy (non-hydrogen) atoms. The van der Waals surface area contributed by atoms with Gasteiger partial charge >= 0.3 is 0 Å². The maximum absolute atomic E-state index is 12.6. The minimum Gasteiger partial charge on any atom is -0.309 e. The lowest BCUT2D eigenvalue weighted by Gasteiger charge is -2.22. The van der Waals surface area contributed by atoms with Crippen molar-refractivity contribution >= 4 is 23.2 Å². The van der Waals surface area contributed by atoms with Crippen LogP contribution in [0.15, 0.2) is 48.5 Å². The summed E-state index contributed by atoms with van der Waals surface area (Å²) in [5.74, 6) is 0.129. The molecule has 0 saturated heterocycles. The molecule has 1 aliphatic rings. The van der Waals surface area contributed by atoms with E-state index in [0.717, 1.165) is 17.7 Å². The summed E-state index contributed by atoms with van der Waals surface area (Å²) in [6.07, 6.45) is 1.32.